The van der Waals surface area contributed by atoms with Crippen molar-refractivity contribution in [2.45, 2.75) is 11.6 Å². The number of hydrogen-bond acceptors (Lipinski definition) is 5. The normalized spacial score (nSPS) is 12.3. The number of methoxy groups -OCH3 is 2. The van der Waals surface area contributed by atoms with E-state index in [1.165, 1.54) is 0 Å². The van der Waals surface area contributed by atoms with E-state index >= 15 is 0 Å². The standard InChI is InChI=1S/C23H23NO4/c1-27-19-12-8-17(9-13-19)23(26,18-10-14-20(28-2)15-11-18)22(24)21(25)16-6-4-3-5-7-16/h3-15,22,26H,24H2,1-2H3/t22-/m0/s1. The quantitative estimate of drug-likeness (QED) is 0.618. The molecule has 5 nitrogen and oxygen atoms in total. The Morgan fingerprint density at radius 2 is 1.25 bits per heavy atom. The number of carbonyl (C=O) groups excluding carboxylic acids is 1. The molecule has 0 aliphatic rings. The van der Waals surface area contributed by atoms with Crippen LogP contribution in [0.15, 0.2) is 78.9 Å². The number of aliphatic hydroxyl groups is 1. The molecule has 0 saturated carbocycles. The SMILES string of the molecule is COc1ccc(C(O)(c2ccc(OC)cc2)[C@@H](N)C(=O)c2ccccc2)cc1. The molecule has 0 aliphatic carbocycles. The first-order valence-electron chi connectivity index (χ1n) is 8.87. The van der Waals surface area contributed by atoms with Gasteiger partial charge in [-0.1, -0.05) is 54.6 Å². The maximum Gasteiger partial charge on any atom is 0.183 e. The highest BCUT2D eigenvalue weighted by Crippen LogP contribution is 2.35. The van der Waals surface area contributed by atoms with Crippen molar-refractivity contribution in [2.75, 3.05) is 14.2 Å². The van der Waals surface area contributed by atoms with Gasteiger partial charge in [0, 0.05) is 5.56 Å². The fourth-order valence-corrected chi connectivity index (χ4v) is 3.19. The average molecular weight is 377 g/mol. The Hall–Kier alpha value is -3.15. The Morgan fingerprint density at radius 3 is 1.64 bits per heavy atom. The van der Waals surface area contributed by atoms with Crippen LogP contribution in [-0.4, -0.2) is 31.2 Å². The number of ketones is 1. The minimum atomic E-state index is -1.73. The lowest BCUT2D eigenvalue weighted by molar-refractivity contribution is 0.0444. The van der Waals surface area contributed by atoms with Crippen molar-refractivity contribution in [3.63, 3.8) is 0 Å². The van der Waals surface area contributed by atoms with Gasteiger partial charge in [0.2, 0.25) is 0 Å². The van der Waals surface area contributed by atoms with E-state index in [-0.39, 0.29) is 5.78 Å². The minimum Gasteiger partial charge on any atom is -0.497 e. The van der Waals surface area contributed by atoms with Crippen LogP contribution in [0.25, 0.3) is 0 Å². The van der Waals surface area contributed by atoms with Crippen LogP contribution < -0.4 is 15.2 Å². The fraction of sp³-hybridized carbons (Fsp3) is 0.174. The number of nitrogens with two attached hydrogens (primary N) is 1. The Bertz CT molecular complexity index is 874. The molecule has 0 bridgehead atoms. The lowest BCUT2D eigenvalue weighted by atomic mass is 9.77. The minimum absolute atomic E-state index is 0.352. The van der Waals surface area contributed by atoms with Gasteiger partial charge in [-0.2, -0.15) is 0 Å². The second-order valence-corrected chi connectivity index (χ2v) is 6.43. The average Bonchev–Trinajstić information content (AvgIpc) is 2.78. The zero-order chi connectivity index (χ0) is 20.1. The van der Waals surface area contributed by atoms with Gasteiger partial charge >= 0.3 is 0 Å². The summed E-state index contributed by atoms with van der Waals surface area (Å²) in [6.45, 7) is 0. The Kier molecular flexibility index (Phi) is 5.78. The third-order valence-corrected chi connectivity index (χ3v) is 4.85. The summed E-state index contributed by atoms with van der Waals surface area (Å²) in [7, 11) is 3.13. The Morgan fingerprint density at radius 1 is 0.821 bits per heavy atom. The molecule has 1 atom stereocenters. The van der Waals surface area contributed by atoms with Gasteiger partial charge in [-0.3, -0.25) is 4.79 Å². The van der Waals surface area contributed by atoms with Crippen LogP contribution in [0.4, 0.5) is 0 Å². The van der Waals surface area contributed by atoms with Crippen LogP contribution >= 0.6 is 0 Å². The molecule has 0 saturated heterocycles. The molecular weight excluding hydrogens is 354 g/mol. The topological polar surface area (TPSA) is 81.8 Å². The predicted molar refractivity (Wildman–Crippen MR) is 108 cm³/mol. The second kappa shape index (κ2) is 8.25. The van der Waals surface area contributed by atoms with Crippen LogP contribution in [0.5, 0.6) is 11.5 Å². The van der Waals surface area contributed by atoms with Gasteiger partial charge in [0.1, 0.15) is 23.1 Å². The lowest BCUT2D eigenvalue weighted by Gasteiger charge is -2.34. The van der Waals surface area contributed by atoms with Crippen LogP contribution in [-0.2, 0) is 5.60 Å². The Labute approximate surface area is 164 Å². The fourth-order valence-electron chi connectivity index (χ4n) is 3.19. The molecule has 0 amide bonds. The van der Waals surface area contributed by atoms with Crippen molar-refractivity contribution in [2.24, 2.45) is 5.73 Å². The van der Waals surface area contributed by atoms with Gasteiger partial charge in [-0.25, -0.2) is 0 Å². The van der Waals surface area contributed by atoms with E-state index in [2.05, 4.69) is 0 Å². The molecule has 0 heterocycles. The molecule has 0 aliphatic heterocycles. The smallest absolute Gasteiger partial charge is 0.183 e. The van der Waals surface area contributed by atoms with Crippen molar-refractivity contribution < 1.29 is 19.4 Å². The summed E-state index contributed by atoms with van der Waals surface area (Å²) in [6.07, 6.45) is 0. The van der Waals surface area contributed by atoms with E-state index in [0.717, 1.165) is 0 Å². The number of Topliss-reactive ketones (excluding diaryl/α,β-unsaturated/α-hetero) is 1. The third-order valence-electron chi connectivity index (χ3n) is 4.85. The molecule has 0 radical (unpaired) electrons. The molecule has 3 N–H and O–H groups in total. The second-order valence-electron chi connectivity index (χ2n) is 6.43. The molecular formula is C23H23NO4. The molecule has 3 aromatic carbocycles. The zero-order valence-corrected chi connectivity index (χ0v) is 15.8. The zero-order valence-electron chi connectivity index (χ0n) is 15.8. The van der Waals surface area contributed by atoms with Gasteiger partial charge < -0.3 is 20.3 Å². The van der Waals surface area contributed by atoms with Crippen molar-refractivity contribution in [1.82, 2.24) is 0 Å². The summed E-state index contributed by atoms with van der Waals surface area (Å²) < 4.78 is 10.4. The molecule has 5 heteroatoms. The highest BCUT2D eigenvalue weighted by Gasteiger charge is 2.42. The number of hydrogen-bond donors (Lipinski definition) is 2. The molecule has 3 aromatic rings. The van der Waals surface area contributed by atoms with E-state index in [1.54, 1.807) is 87.0 Å². The van der Waals surface area contributed by atoms with Crippen molar-refractivity contribution in [3.05, 3.63) is 95.6 Å². The summed E-state index contributed by atoms with van der Waals surface area (Å²) in [5.41, 5.74) is 6.07. The van der Waals surface area contributed by atoms with Gasteiger partial charge in [-0.15, -0.1) is 0 Å². The van der Waals surface area contributed by atoms with E-state index < -0.39 is 11.6 Å². The molecule has 0 aromatic heterocycles. The highest BCUT2D eigenvalue weighted by molar-refractivity contribution is 6.01. The van der Waals surface area contributed by atoms with Crippen LogP contribution in [0.3, 0.4) is 0 Å². The number of carbonyl (C=O) groups is 1. The van der Waals surface area contributed by atoms with Crippen LogP contribution in [0.2, 0.25) is 0 Å². The molecule has 144 valence electrons. The lowest BCUT2D eigenvalue weighted by Crippen LogP contribution is -2.51. The van der Waals surface area contributed by atoms with E-state index in [9.17, 15) is 9.90 Å². The summed E-state index contributed by atoms with van der Waals surface area (Å²) in [6, 6.07) is 21.2. The first-order valence-corrected chi connectivity index (χ1v) is 8.87. The monoisotopic (exact) mass is 377 g/mol. The molecule has 3 rings (SSSR count). The predicted octanol–water partition coefficient (Wildman–Crippen LogP) is 3.15. The summed E-state index contributed by atoms with van der Waals surface area (Å²) in [4.78, 5) is 13.0. The van der Waals surface area contributed by atoms with Gasteiger partial charge in [-0.05, 0) is 35.4 Å². The first kappa shape index (κ1) is 19.6. The Balaban J connectivity index is 2.10. The molecule has 0 fully saturated rings. The van der Waals surface area contributed by atoms with Crippen LogP contribution in [0.1, 0.15) is 21.5 Å². The van der Waals surface area contributed by atoms with Crippen molar-refractivity contribution in [3.8, 4) is 11.5 Å². The molecule has 0 spiro atoms. The molecule has 28 heavy (non-hydrogen) atoms. The van der Waals surface area contributed by atoms with E-state index in [4.69, 9.17) is 15.2 Å². The summed E-state index contributed by atoms with van der Waals surface area (Å²) in [5, 5.41) is 11.8. The van der Waals surface area contributed by atoms with Crippen molar-refractivity contribution >= 4 is 5.78 Å². The molecule has 0 unspecified atom stereocenters. The van der Waals surface area contributed by atoms with E-state index in [0.29, 0.717) is 28.2 Å². The number of benzene rings is 3. The first-order chi connectivity index (χ1) is 13.5. The van der Waals surface area contributed by atoms with E-state index in [1.807, 2.05) is 6.07 Å². The maximum atomic E-state index is 13.0. The number of ether oxygens (including phenoxy) is 2. The number of rotatable bonds is 7. The largest absolute Gasteiger partial charge is 0.497 e. The summed E-state index contributed by atoms with van der Waals surface area (Å²) >= 11 is 0. The van der Waals surface area contributed by atoms with Gasteiger partial charge in [0.25, 0.3) is 0 Å². The van der Waals surface area contributed by atoms with Crippen LogP contribution in [0, 0.1) is 0 Å². The van der Waals surface area contributed by atoms with Crippen molar-refractivity contribution in [1.29, 1.82) is 0 Å². The van der Waals surface area contributed by atoms with Gasteiger partial charge in [0.05, 0.1) is 14.2 Å². The summed E-state index contributed by atoms with van der Waals surface area (Å²) in [5.74, 6) is 0.933. The highest BCUT2D eigenvalue weighted by atomic mass is 16.5. The third kappa shape index (κ3) is 3.63. The van der Waals surface area contributed by atoms with Gasteiger partial charge in [0.15, 0.2) is 5.78 Å². The maximum absolute atomic E-state index is 13.0.